The molecule has 0 aliphatic heterocycles. The standard InChI is InChI=1S/C21H36O2Si/c1-8-20(22)21-18-10-9-17(13-18)19(21)11-12-23-24(14(2)3,15(4)5)16(6)7/h8-10,14-19,21H,1,11-13H2,2-7H3/t17-,18+,19+,21+/m1/s1. The molecule has 0 unspecified atom stereocenters. The van der Waals surface area contributed by atoms with Gasteiger partial charge in [0, 0.05) is 12.5 Å². The Labute approximate surface area is 149 Å². The quantitative estimate of drug-likeness (QED) is 0.301. The number of hydrogen-bond acceptors (Lipinski definition) is 2. The summed E-state index contributed by atoms with van der Waals surface area (Å²) in [6.07, 6.45) is 8.28. The molecule has 0 aromatic carbocycles. The monoisotopic (exact) mass is 348 g/mol. The number of hydrogen-bond donors (Lipinski definition) is 0. The van der Waals surface area contributed by atoms with Crippen LogP contribution >= 0.6 is 0 Å². The van der Waals surface area contributed by atoms with Crippen LogP contribution in [-0.4, -0.2) is 20.7 Å². The molecule has 1 saturated carbocycles. The fourth-order valence-electron chi connectivity index (χ4n) is 5.75. The second-order valence-electron chi connectivity index (χ2n) is 8.70. The van der Waals surface area contributed by atoms with Gasteiger partial charge in [-0.1, -0.05) is 60.3 Å². The maximum Gasteiger partial charge on any atom is 0.200 e. The Morgan fingerprint density at radius 1 is 1.12 bits per heavy atom. The van der Waals surface area contributed by atoms with Crippen molar-refractivity contribution >= 4 is 14.1 Å². The van der Waals surface area contributed by atoms with Gasteiger partial charge in [-0.15, -0.1) is 0 Å². The topological polar surface area (TPSA) is 26.3 Å². The SMILES string of the molecule is C=CC(=O)[C@@H]1[C@@H](CCO[Si](C(C)C)(C(C)C)C(C)C)[C@@H]2C=C[C@H]1C2. The van der Waals surface area contributed by atoms with Crippen molar-refractivity contribution in [3.05, 3.63) is 24.8 Å². The van der Waals surface area contributed by atoms with Gasteiger partial charge in [-0.3, -0.25) is 4.79 Å². The van der Waals surface area contributed by atoms with Crippen molar-refractivity contribution in [2.45, 2.75) is 71.0 Å². The molecule has 0 radical (unpaired) electrons. The van der Waals surface area contributed by atoms with E-state index in [4.69, 9.17) is 4.43 Å². The third-order valence-corrected chi connectivity index (χ3v) is 12.8. The van der Waals surface area contributed by atoms with E-state index in [0.29, 0.717) is 34.4 Å². The molecule has 0 saturated heterocycles. The summed E-state index contributed by atoms with van der Waals surface area (Å²) in [6, 6.07) is 0. The van der Waals surface area contributed by atoms with E-state index in [9.17, 15) is 4.79 Å². The molecule has 2 nitrogen and oxygen atoms in total. The fraction of sp³-hybridized carbons (Fsp3) is 0.762. The molecule has 0 heterocycles. The number of ketones is 1. The molecule has 0 aromatic rings. The Balaban J connectivity index is 2.05. The van der Waals surface area contributed by atoms with Crippen LogP contribution in [0.1, 0.15) is 54.4 Å². The molecule has 2 bridgehead atoms. The summed E-state index contributed by atoms with van der Waals surface area (Å²) in [6.45, 7) is 18.5. The summed E-state index contributed by atoms with van der Waals surface area (Å²) in [5.74, 6) is 1.84. The van der Waals surface area contributed by atoms with Gasteiger partial charge < -0.3 is 4.43 Å². The molecule has 0 amide bonds. The zero-order chi connectivity index (χ0) is 18.1. The third-order valence-electron chi connectivity index (χ3n) is 6.66. The van der Waals surface area contributed by atoms with E-state index in [1.807, 2.05) is 0 Å². The number of carbonyl (C=O) groups excluding carboxylic acids is 1. The zero-order valence-electron chi connectivity index (χ0n) is 16.4. The summed E-state index contributed by atoms with van der Waals surface area (Å²) < 4.78 is 6.72. The molecule has 136 valence electrons. The highest BCUT2D eigenvalue weighted by Crippen LogP contribution is 2.50. The molecule has 24 heavy (non-hydrogen) atoms. The van der Waals surface area contributed by atoms with Crippen LogP contribution in [0.4, 0.5) is 0 Å². The second-order valence-corrected chi connectivity index (χ2v) is 14.2. The van der Waals surface area contributed by atoms with Gasteiger partial charge in [-0.2, -0.15) is 0 Å². The smallest absolute Gasteiger partial charge is 0.200 e. The molecule has 4 atom stereocenters. The number of rotatable bonds is 9. The summed E-state index contributed by atoms with van der Waals surface area (Å²) >= 11 is 0. The maximum atomic E-state index is 12.3. The second kappa shape index (κ2) is 7.70. The van der Waals surface area contributed by atoms with Gasteiger partial charge in [-0.25, -0.2) is 0 Å². The average molecular weight is 349 g/mol. The van der Waals surface area contributed by atoms with Crippen molar-refractivity contribution in [2.24, 2.45) is 23.7 Å². The van der Waals surface area contributed by atoms with Gasteiger partial charge in [0.15, 0.2) is 14.1 Å². The van der Waals surface area contributed by atoms with Crippen molar-refractivity contribution in [2.75, 3.05) is 6.61 Å². The lowest BCUT2D eigenvalue weighted by molar-refractivity contribution is -0.120. The van der Waals surface area contributed by atoms with Gasteiger partial charge in [0.1, 0.15) is 0 Å². The molecule has 0 N–H and O–H groups in total. The normalized spacial score (nSPS) is 29.2. The minimum atomic E-state index is -1.80. The van der Waals surface area contributed by atoms with Crippen molar-refractivity contribution in [1.82, 2.24) is 0 Å². The molecule has 1 fully saturated rings. The molecule has 0 spiro atoms. The Morgan fingerprint density at radius 2 is 1.67 bits per heavy atom. The highest BCUT2D eigenvalue weighted by Gasteiger charge is 2.48. The predicted octanol–water partition coefficient (Wildman–Crippen LogP) is 5.76. The van der Waals surface area contributed by atoms with Gasteiger partial charge in [0.25, 0.3) is 0 Å². The minimum absolute atomic E-state index is 0.148. The lowest BCUT2D eigenvalue weighted by Crippen LogP contribution is -2.48. The van der Waals surface area contributed by atoms with E-state index in [2.05, 4.69) is 60.3 Å². The Bertz CT molecular complexity index is 470. The molecular weight excluding hydrogens is 312 g/mol. The lowest BCUT2D eigenvalue weighted by Gasteiger charge is -2.42. The minimum Gasteiger partial charge on any atom is -0.416 e. The third kappa shape index (κ3) is 3.34. The maximum absolute atomic E-state index is 12.3. The lowest BCUT2D eigenvalue weighted by atomic mass is 9.78. The van der Waals surface area contributed by atoms with E-state index in [1.165, 1.54) is 6.08 Å². The Kier molecular flexibility index (Phi) is 6.30. The van der Waals surface area contributed by atoms with Crippen molar-refractivity contribution in [1.29, 1.82) is 0 Å². The van der Waals surface area contributed by atoms with Crippen LogP contribution in [0.2, 0.25) is 16.6 Å². The van der Waals surface area contributed by atoms with Gasteiger partial charge in [0.05, 0.1) is 0 Å². The molecule has 3 heteroatoms. The van der Waals surface area contributed by atoms with E-state index in [-0.39, 0.29) is 11.7 Å². The Hall–Kier alpha value is -0.673. The first-order valence-corrected chi connectivity index (χ1v) is 11.9. The predicted molar refractivity (Wildman–Crippen MR) is 105 cm³/mol. The summed E-state index contributed by atoms with van der Waals surface area (Å²) in [4.78, 5) is 12.3. The van der Waals surface area contributed by atoms with Crippen LogP contribution in [0, 0.1) is 23.7 Å². The van der Waals surface area contributed by atoms with Crippen molar-refractivity contribution < 1.29 is 9.22 Å². The van der Waals surface area contributed by atoms with E-state index < -0.39 is 8.32 Å². The van der Waals surface area contributed by atoms with Gasteiger partial charge in [-0.05, 0) is 53.3 Å². The summed E-state index contributed by atoms with van der Waals surface area (Å²) in [5, 5.41) is 0. The first-order valence-electron chi connectivity index (χ1n) is 9.74. The van der Waals surface area contributed by atoms with Gasteiger partial charge >= 0.3 is 0 Å². The van der Waals surface area contributed by atoms with Crippen LogP contribution in [0.5, 0.6) is 0 Å². The molecule has 2 aliphatic rings. The number of carbonyl (C=O) groups is 1. The van der Waals surface area contributed by atoms with Crippen LogP contribution in [0.3, 0.4) is 0 Å². The fourth-order valence-corrected chi connectivity index (χ4v) is 11.2. The summed E-state index contributed by atoms with van der Waals surface area (Å²) in [7, 11) is -1.80. The highest BCUT2D eigenvalue weighted by atomic mass is 28.4. The van der Waals surface area contributed by atoms with E-state index in [0.717, 1.165) is 19.4 Å². The first-order chi connectivity index (χ1) is 11.3. The van der Waals surface area contributed by atoms with Crippen LogP contribution in [0.15, 0.2) is 24.8 Å². The van der Waals surface area contributed by atoms with E-state index in [1.54, 1.807) is 0 Å². The first kappa shape index (κ1) is 19.6. The zero-order valence-corrected chi connectivity index (χ0v) is 17.4. The average Bonchev–Trinajstić information content (AvgIpc) is 3.10. The van der Waals surface area contributed by atoms with Crippen molar-refractivity contribution in [3.63, 3.8) is 0 Å². The highest BCUT2D eigenvalue weighted by molar-refractivity contribution is 6.77. The number of fused-ring (bicyclic) bond motifs is 2. The number of allylic oxidation sites excluding steroid dienone is 3. The largest absolute Gasteiger partial charge is 0.416 e. The van der Waals surface area contributed by atoms with E-state index >= 15 is 0 Å². The Morgan fingerprint density at radius 3 is 2.17 bits per heavy atom. The summed E-state index contributed by atoms with van der Waals surface area (Å²) in [5.41, 5.74) is 1.84. The van der Waals surface area contributed by atoms with Gasteiger partial charge in [0.2, 0.25) is 0 Å². The van der Waals surface area contributed by atoms with Crippen LogP contribution in [0.25, 0.3) is 0 Å². The van der Waals surface area contributed by atoms with Crippen LogP contribution in [-0.2, 0) is 9.22 Å². The molecule has 2 aliphatic carbocycles. The van der Waals surface area contributed by atoms with Crippen molar-refractivity contribution in [3.8, 4) is 0 Å². The molecule has 2 rings (SSSR count). The van der Waals surface area contributed by atoms with Crippen LogP contribution < -0.4 is 0 Å². The molecular formula is C21H36O2Si. The molecule has 0 aromatic heterocycles.